The molecule has 130 valence electrons. The van der Waals surface area contributed by atoms with Gasteiger partial charge in [-0.15, -0.1) is 0 Å². The Morgan fingerprint density at radius 3 is 2.39 bits per heavy atom. The lowest BCUT2D eigenvalue weighted by Gasteiger charge is -2.23. The van der Waals surface area contributed by atoms with Gasteiger partial charge in [0.05, 0.1) is 13.2 Å². The van der Waals surface area contributed by atoms with Crippen molar-refractivity contribution in [3.8, 4) is 5.75 Å². The first-order chi connectivity index (χ1) is 10.8. The van der Waals surface area contributed by atoms with Gasteiger partial charge in [0.15, 0.2) is 0 Å². The van der Waals surface area contributed by atoms with Crippen LogP contribution in [0.4, 0.5) is 0 Å². The number of amidine groups is 1. The van der Waals surface area contributed by atoms with Gasteiger partial charge in [0.25, 0.3) is 0 Å². The topological polar surface area (TPSA) is 50.9 Å². The van der Waals surface area contributed by atoms with E-state index in [1.165, 1.54) is 12.8 Å². The predicted octanol–water partition coefficient (Wildman–Crippen LogP) is 3.55. The molecule has 0 saturated heterocycles. The van der Waals surface area contributed by atoms with Crippen LogP contribution in [0.2, 0.25) is 0 Å². The SMILES string of the molecule is CCCC(C)(C)CCOc1ccc(C(N)=NCCN(C)C)cc1. The molecule has 1 rings (SSSR count). The average Bonchev–Trinajstić information content (AvgIpc) is 2.47. The molecule has 23 heavy (non-hydrogen) atoms. The standard InChI is InChI=1S/C19H33N3O/c1-6-11-19(2,3)12-15-23-17-9-7-16(8-10-17)18(20)21-13-14-22(4)5/h7-10H,6,11-15H2,1-5H3,(H2,20,21). The largest absolute Gasteiger partial charge is 0.494 e. The van der Waals surface area contributed by atoms with Crippen LogP contribution in [0.3, 0.4) is 0 Å². The minimum atomic E-state index is 0.345. The Morgan fingerprint density at radius 1 is 1.17 bits per heavy atom. The molecule has 0 amide bonds. The Balaban J connectivity index is 2.47. The Labute approximate surface area is 141 Å². The molecule has 4 heteroatoms. The third-order valence-corrected chi connectivity index (χ3v) is 3.95. The van der Waals surface area contributed by atoms with Crippen LogP contribution in [0.5, 0.6) is 5.75 Å². The molecule has 0 saturated carbocycles. The average molecular weight is 319 g/mol. The fourth-order valence-electron chi connectivity index (χ4n) is 2.43. The van der Waals surface area contributed by atoms with Gasteiger partial charge in [-0.05, 0) is 56.6 Å². The molecule has 2 N–H and O–H groups in total. The monoisotopic (exact) mass is 319 g/mol. The summed E-state index contributed by atoms with van der Waals surface area (Å²) in [6, 6.07) is 7.88. The first kappa shape index (κ1) is 19.5. The molecule has 1 aromatic carbocycles. The van der Waals surface area contributed by atoms with Gasteiger partial charge in [0, 0.05) is 12.1 Å². The van der Waals surface area contributed by atoms with Gasteiger partial charge in [0.2, 0.25) is 0 Å². The summed E-state index contributed by atoms with van der Waals surface area (Å²) in [5, 5.41) is 0. The van der Waals surface area contributed by atoms with E-state index < -0.39 is 0 Å². The van der Waals surface area contributed by atoms with E-state index in [-0.39, 0.29) is 0 Å². The lowest BCUT2D eigenvalue weighted by atomic mass is 9.85. The van der Waals surface area contributed by atoms with Gasteiger partial charge in [-0.1, -0.05) is 27.2 Å². The molecule has 1 aromatic rings. The van der Waals surface area contributed by atoms with E-state index in [1.54, 1.807) is 0 Å². The lowest BCUT2D eigenvalue weighted by molar-refractivity contribution is 0.216. The van der Waals surface area contributed by atoms with Crippen molar-refractivity contribution in [2.24, 2.45) is 16.1 Å². The fourth-order valence-corrected chi connectivity index (χ4v) is 2.43. The van der Waals surface area contributed by atoms with E-state index in [2.05, 4.69) is 30.7 Å². The Kier molecular flexibility index (Phi) is 8.10. The number of aliphatic imine (C=N–C) groups is 1. The van der Waals surface area contributed by atoms with Crippen LogP contribution in [-0.2, 0) is 0 Å². The molecule has 0 unspecified atom stereocenters. The van der Waals surface area contributed by atoms with Crippen LogP contribution in [0.25, 0.3) is 0 Å². The van der Waals surface area contributed by atoms with Gasteiger partial charge in [-0.2, -0.15) is 0 Å². The van der Waals surface area contributed by atoms with Crippen molar-refractivity contribution in [2.45, 2.75) is 40.0 Å². The normalized spacial score (nSPS) is 12.7. The molecular formula is C19H33N3O. The highest BCUT2D eigenvalue weighted by molar-refractivity contribution is 5.97. The van der Waals surface area contributed by atoms with E-state index in [4.69, 9.17) is 10.5 Å². The first-order valence-corrected chi connectivity index (χ1v) is 8.52. The maximum absolute atomic E-state index is 6.01. The smallest absolute Gasteiger partial charge is 0.125 e. The zero-order chi connectivity index (χ0) is 17.3. The maximum Gasteiger partial charge on any atom is 0.125 e. The minimum Gasteiger partial charge on any atom is -0.494 e. The summed E-state index contributed by atoms with van der Waals surface area (Å²) in [4.78, 5) is 6.48. The molecule has 0 heterocycles. The predicted molar refractivity (Wildman–Crippen MR) is 99.4 cm³/mol. The van der Waals surface area contributed by atoms with Crippen molar-refractivity contribution in [3.05, 3.63) is 29.8 Å². The summed E-state index contributed by atoms with van der Waals surface area (Å²) in [5.74, 6) is 1.48. The first-order valence-electron chi connectivity index (χ1n) is 8.52. The van der Waals surface area contributed by atoms with Crippen LogP contribution >= 0.6 is 0 Å². The molecule has 0 bridgehead atoms. The zero-order valence-corrected chi connectivity index (χ0v) is 15.4. The summed E-state index contributed by atoms with van der Waals surface area (Å²) in [7, 11) is 4.05. The van der Waals surface area contributed by atoms with Crippen LogP contribution in [0.1, 0.15) is 45.6 Å². The molecule has 0 fully saturated rings. The molecule has 0 atom stereocenters. The summed E-state index contributed by atoms with van der Waals surface area (Å²) >= 11 is 0. The van der Waals surface area contributed by atoms with Crippen LogP contribution in [0.15, 0.2) is 29.3 Å². The molecule has 0 radical (unpaired) electrons. The second kappa shape index (κ2) is 9.56. The van der Waals surface area contributed by atoms with E-state index in [0.29, 0.717) is 17.8 Å². The molecule has 4 nitrogen and oxygen atoms in total. The molecule has 0 aliphatic carbocycles. The van der Waals surface area contributed by atoms with E-state index in [0.717, 1.165) is 30.9 Å². The molecule has 0 aromatic heterocycles. The van der Waals surface area contributed by atoms with Crippen molar-refractivity contribution in [2.75, 3.05) is 33.8 Å². The van der Waals surface area contributed by atoms with Gasteiger partial charge in [-0.3, -0.25) is 4.99 Å². The van der Waals surface area contributed by atoms with Gasteiger partial charge in [0.1, 0.15) is 11.6 Å². The third-order valence-electron chi connectivity index (χ3n) is 3.95. The van der Waals surface area contributed by atoms with Crippen molar-refractivity contribution in [1.82, 2.24) is 4.90 Å². The Bertz CT molecular complexity index is 478. The van der Waals surface area contributed by atoms with E-state index >= 15 is 0 Å². The van der Waals surface area contributed by atoms with Crippen molar-refractivity contribution in [3.63, 3.8) is 0 Å². The second-order valence-corrected chi connectivity index (χ2v) is 7.11. The summed E-state index contributed by atoms with van der Waals surface area (Å²) in [6.45, 7) is 9.19. The van der Waals surface area contributed by atoms with Crippen molar-refractivity contribution < 1.29 is 4.74 Å². The van der Waals surface area contributed by atoms with Gasteiger partial charge in [-0.25, -0.2) is 0 Å². The van der Waals surface area contributed by atoms with Gasteiger partial charge < -0.3 is 15.4 Å². The molecule has 0 spiro atoms. The number of hydrogen-bond donors (Lipinski definition) is 1. The Hall–Kier alpha value is -1.55. The number of benzene rings is 1. The second-order valence-electron chi connectivity index (χ2n) is 7.11. The summed E-state index contributed by atoms with van der Waals surface area (Å²) in [5.41, 5.74) is 7.30. The van der Waals surface area contributed by atoms with Crippen molar-refractivity contribution in [1.29, 1.82) is 0 Å². The third kappa shape index (κ3) is 8.03. The highest BCUT2D eigenvalue weighted by Gasteiger charge is 2.16. The molecular weight excluding hydrogens is 286 g/mol. The molecule has 0 aliphatic heterocycles. The number of likely N-dealkylation sites (N-methyl/N-ethyl adjacent to an activating group) is 1. The number of rotatable bonds is 10. The van der Waals surface area contributed by atoms with E-state index in [9.17, 15) is 0 Å². The number of ether oxygens (including phenoxy) is 1. The zero-order valence-electron chi connectivity index (χ0n) is 15.4. The van der Waals surface area contributed by atoms with E-state index in [1.807, 2.05) is 38.4 Å². The van der Waals surface area contributed by atoms with Crippen LogP contribution in [0, 0.1) is 5.41 Å². The van der Waals surface area contributed by atoms with Crippen LogP contribution < -0.4 is 10.5 Å². The summed E-state index contributed by atoms with van der Waals surface area (Å²) in [6.07, 6.45) is 3.51. The summed E-state index contributed by atoms with van der Waals surface area (Å²) < 4.78 is 5.85. The quantitative estimate of drug-likeness (QED) is 0.530. The Morgan fingerprint density at radius 2 is 1.83 bits per heavy atom. The maximum atomic E-state index is 6.01. The lowest BCUT2D eigenvalue weighted by Crippen LogP contribution is -2.19. The van der Waals surface area contributed by atoms with Crippen molar-refractivity contribution >= 4 is 5.84 Å². The number of nitrogens with zero attached hydrogens (tertiary/aromatic N) is 2. The van der Waals surface area contributed by atoms with Gasteiger partial charge >= 0.3 is 0 Å². The number of hydrogen-bond acceptors (Lipinski definition) is 3. The molecule has 0 aliphatic rings. The van der Waals surface area contributed by atoms with Crippen LogP contribution in [-0.4, -0.2) is 44.5 Å². The highest BCUT2D eigenvalue weighted by atomic mass is 16.5. The minimum absolute atomic E-state index is 0.345. The fraction of sp³-hybridized carbons (Fsp3) is 0.632. The number of nitrogens with two attached hydrogens (primary N) is 1. The highest BCUT2D eigenvalue weighted by Crippen LogP contribution is 2.26.